The monoisotopic (exact) mass is 255 g/mol. The van der Waals surface area contributed by atoms with Crippen molar-refractivity contribution in [3.05, 3.63) is 40.6 Å². The maximum absolute atomic E-state index is 6.03. The highest BCUT2D eigenvalue weighted by Gasteiger charge is 2.19. The van der Waals surface area contributed by atoms with Crippen LogP contribution in [0.15, 0.2) is 18.2 Å². The molecule has 0 spiro atoms. The van der Waals surface area contributed by atoms with Crippen LogP contribution in [-0.4, -0.2) is 23.5 Å². The number of nitrogens with zero attached hydrogens (tertiary/aromatic N) is 2. The lowest BCUT2D eigenvalue weighted by Gasteiger charge is -2.27. The summed E-state index contributed by atoms with van der Waals surface area (Å²) in [6.45, 7) is 4.84. The molecule has 1 aliphatic heterocycles. The van der Waals surface area contributed by atoms with E-state index in [1.807, 2.05) is 0 Å². The summed E-state index contributed by atoms with van der Waals surface area (Å²) in [5.41, 5.74) is 12.4. The minimum absolute atomic E-state index is 0.600. The van der Waals surface area contributed by atoms with Gasteiger partial charge in [0.1, 0.15) is 0 Å². The Morgan fingerprint density at radius 3 is 2.95 bits per heavy atom. The van der Waals surface area contributed by atoms with Crippen LogP contribution in [-0.2, 0) is 25.9 Å². The highest BCUT2D eigenvalue weighted by Crippen LogP contribution is 2.28. The van der Waals surface area contributed by atoms with E-state index >= 15 is 0 Å². The van der Waals surface area contributed by atoms with Crippen molar-refractivity contribution in [1.82, 2.24) is 9.88 Å². The standard InChI is InChI=1S/C16H21N3/c1-3-11-4-5-15-12(8-11)13(9-17)14-10-19(2)7-6-16(14)18-15/h4-5,8H,3,6-7,9-10,17H2,1-2H3. The second kappa shape index (κ2) is 4.91. The van der Waals surface area contributed by atoms with Gasteiger partial charge in [0, 0.05) is 37.1 Å². The molecule has 3 heteroatoms. The first-order chi connectivity index (χ1) is 9.22. The number of pyridine rings is 1. The summed E-state index contributed by atoms with van der Waals surface area (Å²) in [5.74, 6) is 0. The highest BCUT2D eigenvalue weighted by atomic mass is 15.1. The van der Waals surface area contributed by atoms with Gasteiger partial charge in [0.2, 0.25) is 0 Å². The van der Waals surface area contributed by atoms with Gasteiger partial charge in [-0.05, 0) is 42.3 Å². The molecule has 0 fully saturated rings. The summed E-state index contributed by atoms with van der Waals surface area (Å²) in [6, 6.07) is 6.59. The topological polar surface area (TPSA) is 42.1 Å². The largest absolute Gasteiger partial charge is 0.326 e. The van der Waals surface area contributed by atoms with Crippen molar-refractivity contribution in [3.8, 4) is 0 Å². The molecule has 0 unspecified atom stereocenters. The summed E-state index contributed by atoms with van der Waals surface area (Å²) in [4.78, 5) is 7.20. The molecule has 2 N–H and O–H groups in total. The molecule has 3 rings (SSSR count). The van der Waals surface area contributed by atoms with Crippen LogP contribution in [0.2, 0.25) is 0 Å². The molecule has 0 amide bonds. The predicted molar refractivity (Wildman–Crippen MR) is 79.1 cm³/mol. The summed E-state index contributed by atoms with van der Waals surface area (Å²) >= 11 is 0. The minimum Gasteiger partial charge on any atom is -0.326 e. The average Bonchev–Trinajstić information content (AvgIpc) is 2.44. The summed E-state index contributed by atoms with van der Waals surface area (Å²) in [7, 11) is 2.16. The van der Waals surface area contributed by atoms with Crippen molar-refractivity contribution >= 4 is 10.9 Å². The molecule has 1 aromatic heterocycles. The Bertz CT molecular complexity index is 619. The second-order valence-electron chi connectivity index (χ2n) is 5.41. The average molecular weight is 255 g/mol. The number of likely N-dealkylation sites (N-methyl/N-ethyl adjacent to an activating group) is 1. The van der Waals surface area contributed by atoms with E-state index < -0.39 is 0 Å². The van der Waals surface area contributed by atoms with Crippen LogP contribution in [0.3, 0.4) is 0 Å². The van der Waals surface area contributed by atoms with Gasteiger partial charge in [-0.25, -0.2) is 0 Å². The normalized spacial score (nSPS) is 15.7. The van der Waals surface area contributed by atoms with Gasteiger partial charge >= 0.3 is 0 Å². The zero-order chi connectivity index (χ0) is 13.4. The zero-order valence-electron chi connectivity index (χ0n) is 11.7. The predicted octanol–water partition coefficient (Wildman–Crippen LogP) is 2.24. The Balaban J connectivity index is 2.27. The number of hydrogen-bond acceptors (Lipinski definition) is 3. The smallest absolute Gasteiger partial charge is 0.0709 e. The van der Waals surface area contributed by atoms with E-state index in [1.54, 1.807) is 0 Å². The highest BCUT2D eigenvalue weighted by molar-refractivity contribution is 5.84. The fourth-order valence-corrected chi connectivity index (χ4v) is 2.96. The third kappa shape index (κ3) is 2.13. The Hall–Kier alpha value is -1.45. The van der Waals surface area contributed by atoms with E-state index in [0.29, 0.717) is 6.54 Å². The van der Waals surface area contributed by atoms with Gasteiger partial charge in [-0.2, -0.15) is 0 Å². The van der Waals surface area contributed by atoms with E-state index in [-0.39, 0.29) is 0 Å². The Labute approximate surface area is 114 Å². The maximum Gasteiger partial charge on any atom is 0.0709 e. The molecule has 2 heterocycles. The number of hydrogen-bond donors (Lipinski definition) is 1. The van der Waals surface area contributed by atoms with Crippen LogP contribution in [0.1, 0.15) is 29.3 Å². The summed E-state index contributed by atoms with van der Waals surface area (Å²) < 4.78 is 0. The molecular formula is C16H21N3. The second-order valence-corrected chi connectivity index (χ2v) is 5.41. The van der Waals surface area contributed by atoms with E-state index in [1.165, 1.54) is 27.8 Å². The van der Waals surface area contributed by atoms with E-state index in [2.05, 4.69) is 37.1 Å². The number of benzene rings is 1. The zero-order valence-corrected chi connectivity index (χ0v) is 11.7. The Kier molecular flexibility index (Phi) is 3.25. The molecule has 100 valence electrons. The lowest BCUT2D eigenvalue weighted by Crippen LogP contribution is -2.29. The number of aromatic nitrogens is 1. The van der Waals surface area contributed by atoms with Gasteiger partial charge in [-0.15, -0.1) is 0 Å². The van der Waals surface area contributed by atoms with Crippen LogP contribution >= 0.6 is 0 Å². The fourth-order valence-electron chi connectivity index (χ4n) is 2.96. The lowest BCUT2D eigenvalue weighted by atomic mass is 9.95. The molecule has 1 aromatic carbocycles. The van der Waals surface area contributed by atoms with Crippen molar-refractivity contribution in [2.45, 2.75) is 32.9 Å². The van der Waals surface area contributed by atoms with Gasteiger partial charge in [0.25, 0.3) is 0 Å². The van der Waals surface area contributed by atoms with Gasteiger partial charge in [-0.1, -0.05) is 13.0 Å². The number of nitrogens with two attached hydrogens (primary N) is 1. The van der Waals surface area contributed by atoms with Gasteiger partial charge in [0.05, 0.1) is 5.52 Å². The SMILES string of the molecule is CCc1ccc2nc3c(c(CN)c2c1)CN(C)CC3. The summed E-state index contributed by atoms with van der Waals surface area (Å²) in [5, 5.41) is 1.25. The lowest BCUT2D eigenvalue weighted by molar-refractivity contribution is 0.309. The molecule has 1 aliphatic rings. The first-order valence-electron chi connectivity index (χ1n) is 7.04. The van der Waals surface area contributed by atoms with Gasteiger partial charge < -0.3 is 10.6 Å². The van der Waals surface area contributed by atoms with Crippen LogP contribution in [0, 0.1) is 0 Å². The van der Waals surface area contributed by atoms with Gasteiger partial charge in [0.15, 0.2) is 0 Å². The van der Waals surface area contributed by atoms with Crippen molar-refractivity contribution in [2.75, 3.05) is 13.6 Å². The van der Waals surface area contributed by atoms with E-state index in [9.17, 15) is 0 Å². The first kappa shape index (κ1) is 12.6. The van der Waals surface area contributed by atoms with E-state index in [4.69, 9.17) is 10.7 Å². The molecule has 2 aromatic rings. The summed E-state index contributed by atoms with van der Waals surface area (Å²) in [6.07, 6.45) is 2.08. The maximum atomic E-state index is 6.03. The Morgan fingerprint density at radius 1 is 1.37 bits per heavy atom. The van der Waals surface area contributed by atoms with Crippen LogP contribution < -0.4 is 5.73 Å². The third-order valence-electron chi connectivity index (χ3n) is 4.12. The molecule has 0 atom stereocenters. The van der Waals surface area contributed by atoms with Crippen molar-refractivity contribution in [3.63, 3.8) is 0 Å². The van der Waals surface area contributed by atoms with Crippen molar-refractivity contribution in [1.29, 1.82) is 0 Å². The van der Waals surface area contributed by atoms with E-state index in [0.717, 1.165) is 31.4 Å². The van der Waals surface area contributed by atoms with Gasteiger partial charge in [-0.3, -0.25) is 4.98 Å². The van der Waals surface area contributed by atoms with Crippen LogP contribution in [0.5, 0.6) is 0 Å². The molecule has 0 radical (unpaired) electrons. The van der Waals surface area contributed by atoms with Crippen LogP contribution in [0.4, 0.5) is 0 Å². The van der Waals surface area contributed by atoms with Crippen molar-refractivity contribution < 1.29 is 0 Å². The molecule has 0 saturated heterocycles. The molecule has 0 bridgehead atoms. The van der Waals surface area contributed by atoms with Crippen LogP contribution in [0.25, 0.3) is 10.9 Å². The van der Waals surface area contributed by atoms with Crippen molar-refractivity contribution in [2.24, 2.45) is 5.73 Å². The molecule has 0 saturated carbocycles. The quantitative estimate of drug-likeness (QED) is 0.895. The first-order valence-corrected chi connectivity index (χ1v) is 7.04. The number of aryl methyl sites for hydroxylation is 1. The Morgan fingerprint density at radius 2 is 2.21 bits per heavy atom. The number of rotatable bonds is 2. The minimum atomic E-state index is 0.600. The third-order valence-corrected chi connectivity index (χ3v) is 4.12. The fraction of sp³-hybridized carbons (Fsp3) is 0.438. The molecule has 0 aliphatic carbocycles. The molecular weight excluding hydrogens is 234 g/mol. The molecule has 3 nitrogen and oxygen atoms in total. The molecule has 19 heavy (non-hydrogen) atoms. The number of fused-ring (bicyclic) bond motifs is 2.